The highest BCUT2D eigenvalue weighted by Crippen LogP contribution is 2.44. The van der Waals surface area contributed by atoms with Gasteiger partial charge in [0.25, 0.3) is 0 Å². The predicted molar refractivity (Wildman–Crippen MR) is 178 cm³/mol. The first-order valence-corrected chi connectivity index (χ1v) is 16.3. The minimum atomic E-state index is -0.321. The lowest BCUT2D eigenvalue weighted by Crippen LogP contribution is -2.55. The van der Waals surface area contributed by atoms with Gasteiger partial charge in [-0.05, 0) is 56.8 Å². The number of halogens is 1. The van der Waals surface area contributed by atoms with Gasteiger partial charge in [0, 0.05) is 47.8 Å². The van der Waals surface area contributed by atoms with E-state index in [0.717, 1.165) is 54.0 Å². The first kappa shape index (κ1) is 30.2. The zero-order valence-corrected chi connectivity index (χ0v) is 26.6. The van der Waals surface area contributed by atoms with Crippen molar-refractivity contribution >= 4 is 45.0 Å². The van der Waals surface area contributed by atoms with Gasteiger partial charge < -0.3 is 24.2 Å². The van der Waals surface area contributed by atoms with E-state index < -0.39 is 0 Å². The van der Waals surface area contributed by atoms with Crippen LogP contribution in [0.5, 0.6) is 11.8 Å². The van der Waals surface area contributed by atoms with Gasteiger partial charge >= 0.3 is 6.01 Å². The molecule has 2 saturated heterocycles. The van der Waals surface area contributed by atoms with Crippen LogP contribution in [0.25, 0.3) is 32.9 Å². The number of carbonyl (C=O) groups excluding carboxylic acids is 1. The Balaban J connectivity index is 1.38. The average Bonchev–Trinajstić information content (AvgIpc) is 3.80. The van der Waals surface area contributed by atoms with Crippen LogP contribution >= 0.6 is 11.6 Å². The average molecular weight is 638 g/mol. The number of hydrogen-bond acceptors (Lipinski definition) is 9. The minimum absolute atomic E-state index is 0.0694. The molecule has 1 saturated carbocycles. The Morgan fingerprint density at radius 3 is 2.70 bits per heavy atom. The number of piperazine rings is 1. The largest absolute Gasteiger partial charge is 0.486 e. The van der Waals surface area contributed by atoms with Gasteiger partial charge in [-0.25, -0.2) is 0 Å². The molecular formula is C35H36ClN7O3. The number of benzene rings is 2. The molecule has 46 heavy (non-hydrogen) atoms. The molecule has 2 atom stereocenters. The van der Waals surface area contributed by atoms with Crippen molar-refractivity contribution in [1.82, 2.24) is 24.8 Å². The van der Waals surface area contributed by atoms with Gasteiger partial charge in [-0.2, -0.15) is 15.2 Å². The maximum Gasteiger partial charge on any atom is 0.319 e. The molecule has 11 heteroatoms. The summed E-state index contributed by atoms with van der Waals surface area (Å²) in [4.78, 5) is 33.7. The predicted octanol–water partition coefficient (Wildman–Crippen LogP) is 5.63. The first-order valence-electron chi connectivity index (χ1n) is 15.9. The van der Waals surface area contributed by atoms with E-state index in [4.69, 9.17) is 36.0 Å². The van der Waals surface area contributed by atoms with E-state index >= 15 is 0 Å². The number of nitrogens with zero attached hydrogens (tertiary/aromatic N) is 7. The van der Waals surface area contributed by atoms with Crippen LogP contribution in [0.1, 0.15) is 32.1 Å². The van der Waals surface area contributed by atoms with Crippen LogP contribution in [0.3, 0.4) is 0 Å². The second-order valence-electron chi connectivity index (χ2n) is 12.3. The van der Waals surface area contributed by atoms with Crippen molar-refractivity contribution in [2.45, 2.75) is 50.3 Å². The highest BCUT2D eigenvalue weighted by molar-refractivity contribution is 6.36. The number of carbonyl (C=O) groups is 1. The van der Waals surface area contributed by atoms with E-state index in [2.05, 4.69) is 29.5 Å². The lowest BCUT2D eigenvalue weighted by molar-refractivity contribution is -0.128. The number of nitriles is 1. The Morgan fingerprint density at radius 2 is 1.96 bits per heavy atom. The lowest BCUT2D eigenvalue weighted by Gasteiger charge is -2.41. The van der Waals surface area contributed by atoms with Crippen LogP contribution in [0, 0.1) is 11.3 Å². The van der Waals surface area contributed by atoms with Crippen LogP contribution in [0.4, 0.5) is 5.82 Å². The molecule has 0 spiro atoms. The molecule has 1 amide bonds. The Morgan fingerprint density at radius 1 is 1.13 bits per heavy atom. The Hall–Kier alpha value is -4.46. The number of aromatic nitrogens is 3. The van der Waals surface area contributed by atoms with Crippen molar-refractivity contribution < 1.29 is 14.3 Å². The fourth-order valence-corrected chi connectivity index (χ4v) is 6.86. The van der Waals surface area contributed by atoms with E-state index in [-0.39, 0.29) is 36.5 Å². The van der Waals surface area contributed by atoms with Crippen molar-refractivity contribution in [1.29, 1.82) is 5.26 Å². The van der Waals surface area contributed by atoms with Crippen molar-refractivity contribution in [3.8, 4) is 29.1 Å². The van der Waals surface area contributed by atoms with E-state index in [1.54, 1.807) is 11.1 Å². The number of ether oxygens (including phenoxy) is 2. The molecule has 10 nitrogen and oxygen atoms in total. The minimum Gasteiger partial charge on any atom is -0.486 e. The molecule has 3 fully saturated rings. The quantitative estimate of drug-likeness (QED) is 0.216. The molecule has 236 valence electrons. The molecule has 0 unspecified atom stereocenters. The van der Waals surface area contributed by atoms with Crippen LogP contribution < -0.4 is 14.4 Å². The number of hydrogen-bond donors (Lipinski definition) is 0. The third kappa shape index (κ3) is 5.81. The molecule has 2 aromatic carbocycles. The maximum absolute atomic E-state index is 12.6. The van der Waals surface area contributed by atoms with Crippen LogP contribution in [0.15, 0.2) is 55.3 Å². The number of likely N-dealkylation sites (tertiary alicyclic amines) is 1. The molecule has 1 aliphatic carbocycles. The van der Waals surface area contributed by atoms with Gasteiger partial charge in [0.15, 0.2) is 5.75 Å². The van der Waals surface area contributed by atoms with Gasteiger partial charge in [0.2, 0.25) is 5.91 Å². The fraction of sp³-hybridized carbons (Fsp3) is 0.400. The summed E-state index contributed by atoms with van der Waals surface area (Å²) >= 11 is 6.77. The summed E-state index contributed by atoms with van der Waals surface area (Å²) < 4.78 is 13.0. The Kier molecular flexibility index (Phi) is 8.36. The maximum atomic E-state index is 12.6. The molecule has 0 N–H and O–H groups in total. The molecule has 0 radical (unpaired) electrons. The van der Waals surface area contributed by atoms with Crippen molar-refractivity contribution in [3.05, 3.63) is 60.3 Å². The topological polar surface area (TPSA) is 108 Å². The summed E-state index contributed by atoms with van der Waals surface area (Å²) in [6.45, 7) is 6.52. The molecule has 7 rings (SSSR count). The molecular weight excluding hydrogens is 602 g/mol. The smallest absolute Gasteiger partial charge is 0.319 e. The van der Waals surface area contributed by atoms with Crippen LogP contribution in [-0.4, -0.2) is 88.7 Å². The zero-order valence-electron chi connectivity index (χ0n) is 25.9. The zero-order chi connectivity index (χ0) is 31.8. The molecule has 4 heterocycles. The molecule has 0 bridgehead atoms. The van der Waals surface area contributed by atoms with Gasteiger partial charge in [0.1, 0.15) is 23.6 Å². The number of pyridine rings is 1. The number of anilines is 1. The number of rotatable bonds is 9. The molecule has 4 aromatic rings. The van der Waals surface area contributed by atoms with Gasteiger partial charge in [0.05, 0.1) is 30.0 Å². The summed E-state index contributed by atoms with van der Waals surface area (Å²) in [5.74, 6) is 1.04. The summed E-state index contributed by atoms with van der Waals surface area (Å²) in [5.41, 5.74) is 2.14. The van der Waals surface area contributed by atoms with Crippen LogP contribution in [0.2, 0.25) is 5.02 Å². The third-order valence-corrected chi connectivity index (χ3v) is 9.53. The monoisotopic (exact) mass is 637 g/mol. The van der Waals surface area contributed by atoms with Gasteiger partial charge in [-0.3, -0.25) is 9.78 Å². The standard InChI is InChI=1S/C35H36ClN7O3/c1-3-29(44)43-18-17-42(20-23(43)14-15-37)34-27-19-38-31(26-10-4-7-22-8-5-11-28(36)30(22)26)33(46-25-12-13-25)32(27)39-35(40-34)45-21-24-9-6-16-41(24)2/h3-5,7-8,10-11,19,23-25H,1,6,9,12-14,16-18,20-21H2,2H3/t23-,24-/m0/s1. The Bertz CT molecular complexity index is 1850. The highest BCUT2D eigenvalue weighted by Gasteiger charge is 2.33. The summed E-state index contributed by atoms with van der Waals surface area (Å²) in [7, 11) is 2.11. The van der Waals surface area contributed by atoms with E-state index in [9.17, 15) is 10.1 Å². The second kappa shape index (κ2) is 12.7. The van der Waals surface area contributed by atoms with E-state index in [1.807, 2.05) is 36.4 Å². The molecule has 2 aromatic heterocycles. The lowest BCUT2D eigenvalue weighted by atomic mass is 10.0. The summed E-state index contributed by atoms with van der Waals surface area (Å²) in [6.07, 6.45) is 7.45. The van der Waals surface area contributed by atoms with Crippen LogP contribution in [-0.2, 0) is 4.79 Å². The second-order valence-corrected chi connectivity index (χ2v) is 12.7. The first-order chi connectivity index (χ1) is 22.4. The molecule has 2 aliphatic heterocycles. The number of likely N-dealkylation sites (N-methyl/N-ethyl adjacent to an activating group) is 1. The highest BCUT2D eigenvalue weighted by atomic mass is 35.5. The summed E-state index contributed by atoms with van der Waals surface area (Å²) in [6, 6.07) is 14.4. The van der Waals surface area contributed by atoms with Crippen molar-refractivity contribution in [2.24, 2.45) is 0 Å². The number of amides is 1. The van der Waals surface area contributed by atoms with E-state index in [1.165, 1.54) is 6.08 Å². The Labute approximate surface area is 273 Å². The third-order valence-electron chi connectivity index (χ3n) is 9.22. The van der Waals surface area contributed by atoms with Crippen molar-refractivity contribution in [3.63, 3.8) is 0 Å². The number of fused-ring (bicyclic) bond motifs is 2. The fourth-order valence-electron chi connectivity index (χ4n) is 6.58. The molecule has 3 aliphatic rings. The van der Waals surface area contributed by atoms with Gasteiger partial charge in [-0.15, -0.1) is 0 Å². The SMILES string of the molecule is C=CC(=O)N1CCN(c2nc(OC[C@@H]3CCCN3C)nc3c(OC4CC4)c(-c4cccc5cccc(Cl)c45)ncc23)C[C@@H]1CC#N. The van der Waals surface area contributed by atoms with E-state index in [0.29, 0.717) is 54.0 Å². The summed E-state index contributed by atoms with van der Waals surface area (Å²) in [5, 5.41) is 12.9. The normalized spacial score (nSPS) is 20.2. The van der Waals surface area contributed by atoms with Gasteiger partial charge in [-0.1, -0.05) is 48.5 Å². The van der Waals surface area contributed by atoms with Crippen molar-refractivity contribution in [2.75, 3.05) is 44.7 Å².